The van der Waals surface area contributed by atoms with Crippen LogP contribution in [0.4, 0.5) is 0 Å². The van der Waals surface area contributed by atoms with Gasteiger partial charge in [-0.2, -0.15) is 0 Å². The monoisotopic (exact) mass is 276 g/mol. The maximum absolute atomic E-state index is 6.19. The molecule has 0 bridgehead atoms. The van der Waals surface area contributed by atoms with Crippen molar-refractivity contribution >= 4 is 12.4 Å². The zero-order valence-corrected chi connectivity index (χ0v) is 13.3. The molecule has 0 saturated carbocycles. The van der Waals surface area contributed by atoms with E-state index in [0.717, 1.165) is 13.2 Å². The highest BCUT2D eigenvalue weighted by atomic mass is 35.5. The second-order valence-corrected chi connectivity index (χ2v) is 6.90. The molecular weight excluding hydrogens is 248 g/mol. The van der Waals surface area contributed by atoms with Crippen molar-refractivity contribution in [2.45, 2.75) is 65.3 Å². The van der Waals surface area contributed by atoms with Gasteiger partial charge in [0, 0.05) is 18.0 Å². The highest BCUT2D eigenvalue weighted by molar-refractivity contribution is 5.85. The number of hydrogen-bond acceptors (Lipinski definition) is 3. The Labute approximate surface area is 118 Å². The van der Waals surface area contributed by atoms with Crippen LogP contribution < -0.4 is 5.32 Å². The molecule has 18 heavy (non-hydrogen) atoms. The van der Waals surface area contributed by atoms with Crippen molar-refractivity contribution in [2.75, 3.05) is 19.7 Å². The Kier molecular flexibility index (Phi) is 5.10. The Morgan fingerprint density at radius 1 is 1.28 bits per heavy atom. The molecule has 3 nitrogen and oxygen atoms in total. The summed E-state index contributed by atoms with van der Waals surface area (Å²) < 4.78 is 6.19. The van der Waals surface area contributed by atoms with Crippen LogP contribution in [-0.2, 0) is 4.74 Å². The summed E-state index contributed by atoms with van der Waals surface area (Å²) in [6.45, 7) is 14.4. The highest BCUT2D eigenvalue weighted by Gasteiger charge is 2.45. The van der Waals surface area contributed by atoms with Crippen molar-refractivity contribution in [3.63, 3.8) is 0 Å². The Morgan fingerprint density at radius 3 is 2.44 bits per heavy atom. The number of hydrogen-bond donors (Lipinski definition) is 1. The van der Waals surface area contributed by atoms with Crippen LogP contribution in [0.15, 0.2) is 0 Å². The van der Waals surface area contributed by atoms with Crippen LogP contribution in [-0.4, -0.2) is 42.4 Å². The molecule has 0 radical (unpaired) electrons. The van der Waals surface area contributed by atoms with Crippen LogP contribution in [0.25, 0.3) is 0 Å². The third-order valence-electron chi connectivity index (χ3n) is 4.27. The topological polar surface area (TPSA) is 24.5 Å². The standard InChI is InChI=1S/C14H28N2O.ClH/c1-11(2)16-8-6-7-12(16)14(5)15-9-13(3,4)10-17-14;/h11-12,15H,6-10H2,1-5H3;1H. The van der Waals surface area contributed by atoms with Crippen molar-refractivity contribution in [1.82, 2.24) is 10.2 Å². The van der Waals surface area contributed by atoms with Gasteiger partial charge in [0.25, 0.3) is 0 Å². The summed E-state index contributed by atoms with van der Waals surface area (Å²) in [6.07, 6.45) is 2.55. The quantitative estimate of drug-likeness (QED) is 0.839. The summed E-state index contributed by atoms with van der Waals surface area (Å²) in [5.74, 6) is 0. The maximum Gasteiger partial charge on any atom is 0.132 e. The zero-order chi connectivity index (χ0) is 12.7. The number of likely N-dealkylation sites (tertiary alicyclic amines) is 1. The first-order valence-electron chi connectivity index (χ1n) is 6.99. The summed E-state index contributed by atoms with van der Waals surface area (Å²) in [6, 6.07) is 1.14. The van der Waals surface area contributed by atoms with E-state index in [0.29, 0.717) is 12.1 Å². The van der Waals surface area contributed by atoms with Crippen LogP contribution in [0.3, 0.4) is 0 Å². The minimum Gasteiger partial charge on any atom is -0.359 e. The van der Waals surface area contributed by atoms with Gasteiger partial charge in [-0.25, -0.2) is 0 Å². The molecule has 2 unspecified atom stereocenters. The molecule has 2 rings (SSSR count). The normalized spacial score (nSPS) is 36.7. The zero-order valence-electron chi connectivity index (χ0n) is 12.5. The number of halogens is 1. The number of ether oxygens (including phenoxy) is 1. The molecule has 2 fully saturated rings. The summed E-state index contributed by atoms with van der Waals surface area (Å²) in [5, 5.41) is 3.65. The van der Waals surface area contributed by atoms with Gasteiger partial charge in [-0.1, -0.05) is 13.8 Å². The smallest absolute Gasteiger partial charge is 0.132 e. The predicted molar refractivity (Wildman–Crippen MR) is 78.3 cm³/mol. The summed E-state index contributed by atoms with van der Waals surface area (Å²) >= 11 is 0. The molecule has 0 aromatic rings. The molecule has 0 aliphatic carbocycles. The predicted octanol–water partition coefficient (Wildman–Crippen LogP) is 2.64. The third kappa shape index (κ3) is 3.19. The highest BCUT2D eigenvalue weighted by Crippen LogP contribution is 2.34. The first kappa shape index (κ1) is 16.2. The molecule has 2 aliphatic rings. The number of nitrogens with zero attached hydrogens (tertiary/aromatic N) is 1. The van der Waals surface area contributed by atoms with E-state index in [1.807, 2.05) is 0 Å². The average molecular weight is 277 g/mol. The maximum atomic E-state index is 6.19. The van der Waals surface area contributed by atoms with Gasteiger partial charge in [-0.05, 0) is 40.2 Å². The van der Waals surface area contributed by atoms with Crippen molar-refractivity contribution < 1.29 is 4.74 Å². The van der Waals surface area contributed by atoms with Crippen molar-refractivity contribution in [3.05, 3.63) is 0 Å². The van der Waals surface area contributed by atoms with E-state index in [1.165, 1.54) is 19.4 Å². The van der Waals surface area contributed by atoms with Gasteiger partial charge in [-0.3, -0.25) is 10.2 Å². The summed E-state index contributed by atoms with van der Waals surface area (Å²) in [4.78, 5) is 2.59. The fourth-order valence-electron chi connectivity index (χ4n) is 3.07. The molecule has 0 aromatic heterocycles. The lowest BCUT2D eigenvalue weighted by Gasteiger charge is -2.48. The van der Waals surface area contributed by atoms with Crippen LogP contribution in [0.5, 0.6) is 0 Å². The summed E-state index contributed by atoms with van der Waals surface area (Å²) in [5.41, 5.74) is 0.108. The van der Waals surface area contributed by atoms with E-state index in [-0.39, 0.29) is 23.5 Å². The fraction of sp³-hybridized carbons (Fsp3) is 1.00. The van der Waals surface area contributed by atoms with Crippen molar-refractivity contribution in [3.8, 4) is 0 Å². The molecule has 0 aromatic carbocycles. The van der Waals surface area contributed by atoms with E-state index in [4.69, 9.17) is 4.74 Å². The molecule has 0 spiro atoms. The van der Waals surface area contributed by atoms with E-state index < -0.39 is 0 Å². The Hall–Kier alpha value is 0.170. The Bertz CT molecular complexity index is 271. The lowest BCUT2D eigenvalue weighted by atomic mass is 9.90. The fourth-order valence-corrected chi connectivity index (χ4v) is 3.07. The molecule has 2 saturated heterocycles. The second-order valence-electron chi connectivity index (χ2n) is 6.90. The summed E-state index contributed by atoms with van der Waals surface area (Å²) in [7, 11) is 0. The van der Waals surface area contributed by atoms with Gasteiger partial charge >= 0.3 is 0 Å². The number of nitrogens with one attached hydrogen (secondary N) is 1. The van der Waals surface area contributed by atoms with Crippen molar-refractivity contribution in [2.24, 2.45) is 5.41 Å². The van der Waals surface area contributed by atoms with Crippen LogP contribution in [0.1, 0.15) is 47.5 Å². The molecule has 2 heterocycles. The van der Waals surface area contributed by atoms with E-state index >= 15 is 0 Å². The molecule has 1 N–H and O–H groups in total. The molecule has 0 amide bonds. The molecule has 108 valence electrons. The van der Waals surface area contributed by atoms with Crippen LogP contribution >= 0.6 is 12.4 Å². The molecule has 2 aliphatic heterocycles. The van der Waals surface area contributed by atoms with Gasteiger partial charge in [-0.15, -0.1) is 12.4 Å². The SMILES string of the molecule is CC(C)N1CCCC1C1(C)NCC(C)(C)CO1.Cl. The van der Waals surface area contributed by atoms with Gasteiger partial charge in [0.1, 0.15) is 5.72 Å². The first-order valence-corrected chi connectivity index (χ1v) is 6.99. The molecule has 2 atom stereocenters. The van der Waals surface area contributed by atoms with Gasteiger partial charge < -0.3 is 4.74 Å². The average Bonchev–Trinajstić information content (AvgIpc) is 2.72. The lowest BCUT2D eigenvalue weighted by molar-refractivity contribution is -0.161. The van der Waals surface area contributed by atoms with Gasteiger partial charge in [0.05, 0.1) is 12.6 Å². The van der Waals surface area contributed by atoms with E-state index in [9.17, 15) is 0 Å². The first-order chi connectivity index (χ1) is 7.84. The van der Waals surface area contributed by atoms with Gasteiger partial charge in [0.15, 0.2) is 0 Å². The Morgan fingerprint density at radius 2 is 1.94 bits per heavy atom. The molecule has 4 heteroatoms. The minimum absolute atomic E-state index is 0. The molecular formula is C14H29ClN2O. The van der Waals surface area contributed by atoms with Gasteiger partial charge in [0.2, 0.25) is 0 Å². The van der Waals surface area contributed by atoms with E-state index in [1.54, 1.807) is 0 Å². The largest absolute Gasteiger partial charge is 0.359 e. The Balaban J connectivity index is 0.00000162. The van der Waals surface area contributed by atoms with Crippen LogP contribution in [0, 0.1) is 5.41 Å². The lowest BCUT2D eigenvalue weighted by Crippen LogP contribution is -2.65. The third-order valence-corrected chi connectivity index (χ3v) is 4.27. The van der Waals surface area contributed by atoms with E-state index in [2.05, 4.69) is 44.8 Å². The minimum atomic E-state index is -0.156. The van der Waals surface area contributed by atoms with Crippen molar-refractivity contribution in [1.29, 1.82) is 0 Å². The number of rotatable bonds is 2. The van der Waals surface area contributed by atoms with Crippen LogP contribution in [0.2, 0.25) is 0 Å². The second kappa shape index (κ2) is 5.66.